The van der Waals surface area contributed by atoms with E-state index in [0.29, 0.717) is 27.8 Å². The van der Waals surface area contributed by atoms with E-state index in [2.05, 4.69) is 25.8 Å². The first-order chi connectivity index (χ1) is 13.2. The molecule has 2 bridgehead atoms. The number of nitrogens with one attached hydrogen (secondary N) is 1. The lowest BCUT2D eigenvalue weighted by molar-refractivity contribution is 0.250. The fourth-order valence-corrected chi connectivity index (χ4v) is 4.49. The number of piperidine rings is 1. The topological polar surface area (TPSA) is 52.2 Å². The average Bonchev–Trinajstić information content (AvgIpc) is 3.02. The van der Waals surface area contributed by atoms with Crippen molar-refractivity contribution in [2.75, 3.05) is 31.1 Å². The van der Waals surface area contributed by atoms with Crippen LogP contribution in [-0.4, -0.2) is 47.1 Å². The van der Waals surface area contributed by atoms with Gasteiger partial charge in [-0.15, -0.1) is 0 Å². The second kappa shape index (κ2) is 6.66. The number of hydrogen-bond donors (Lipinski definition) is 1. The third kappa shape index (κ3) is 3.11. The summed E-state index contributed by atoms with van der Waals surface area (Å²) >= 11 is 6.07. The van der Waals surface area contributed by atoms with Crippen molar-refractivity contribution in [1.82, 2.24) is 14.9 Å². The average molecular weight is 381 g/mol. The molecule has 3 fully saturated rings. The summed E-state index contributed by atoms with van der Waals surface area (Å²) in [7, 11) is 0. The van der Waals surface area contributed by atoms with Crippen molar-refractivity contribution >= 4 is 28.2 Å². The summed E-state index contributed by atoms with van der Waals surface area (Å²) in [6.45, 7) is 4.47. The Labute approximate surface area is 162 Å². The van der Waals surface area contributed by atoms with Gasteiger partial charge in [0.05, 0.1) is 10.9 Å². The molecular weight excluding hydrogens is 360 g/mol. The van der Waals surface area contributed by atoms with Gasteiger partial charge < -0.3 is 14.8 Å². The maximum absolute atomic E-state index is 12.8. The Hall–Kier alpha value is -2.37. The van der Waals surface area contributed by atoms with Gasteiger partial charge >= 0.3 is 0 Å². The predicted molar refractivity (Wildman–Crippen MR) is 110 cm³/mol. The van der Waals surface area contributed by atoms with Crippen LogP contribution in [0.3, 0.4) is 0 Å². The number of hydrogen-bond acceptors (Lipinski definition) is 4. The summed E-state index contributed by atoms with van der Waals surface area (Å²) in [5.74, 6) is 0.545. The first-order valence-corrected chi connectivity index (χ1v) is 9.84. The Bertz CT molecular complexity index is 1060. The maximum Gasteiger partial charge on any atom is 0.259 e. The van der Waals surface area contributed by atoms with Gasteiger partial charge in [-0.3, -0.25) is 4.79 Å². The summed E-state index contributed by atoms with van der Waals surface area (Å²) in [4.78, 5) is 25.3. The second-order valence-corrected chi connectivity index (χ2v) is 7.83. The van der Waals surface area contributed by atoms with E-state index in [1.54, 1.807) is 0 Å². The molecule has 5 nitrogen and oxygen atoms in total. The van der Waals surface area contributed by atoms with Gasteiger partial charge in [0.1, 0.15) is 5.82 Å². The van der Waals surface area contributed by atoms with Crippen molar-refractivity contribution in [2.45, 2.75) is 18.9 Å². The number of fused-ring (bicyclic) bond motifs is 5. The molecule has 0 amide bonds. The van der Waals surface area contributed by atoms with E-state index in [1.165, 1.54) is 25.9 Å². The van der Waals surface area contributed by atoms with E-state index in [0.717, 1.165) is 24.3 Å². The largest absolute Gasteiger partial charge is 0.367 e. The normalized spacial score (nSPS) is 22.2. The number of benzene rings is 2. The molecule has 0 radical (unpaired) electrons. The molecule has 0 aliphatic carbocycles. The minimum Gasteiger partial charge on any atom is -0.367 e. The molecule has 138 valence electrons. The summed E-state index contributed by atoms with van der Waals surface area (Å²) < 4.78 is 0. The van der Waals surface area contributed by atoms with Gasteiger partial charge in [0.25, 0.3) is 5.56 Å². The molecule has 2 aromatic carbocycles. The summed E-state index contributed by atoms with van der Waals surface area (Å²) in [5, 5.41) is 1.26. The van der Waals surface area contributed by atoms with E-state index in [-0.39, 0.29) is 5.56 Å². The highest BCUT2D eigenvalue weighted by molar-refractivity contribution is 6.30. The third-order valence-corrected chi connectivity index (χ3v) is 6.01. The number of aromatic amines is 1. The van der Waals surface area contributed by atoms with Gasteiger partial charge in [-0.2, -0.15) is 0 Å². The van der Waals surface area contributed by atoms with Crippen LogP contribution in [0.5, 0.6) is 0 Å². The summed E-state index contributed by atoms with van der Waals surface area (Å²) in [6.07, 6.45) is 2.39. The lowest BCUT2D eigenvalue weighted by atomic mass is 10.0. The quantitative estimate of drug-likeness (QED) is 0.739. The molecular formula is C21H21ClN4O. The molecule has 0 spiro atoms. The molecule has 0 atom stereocenters. The molecule has 0 unspecified atom stereocenters. The molecule has 6 heteroatoms. The van der Waals surface area contributed by atoms with Crippen LogP contribution < -0.4 is 10.5 Å². The first kappa shape index (κ1) is 16.8. The van der Waals surface area contributed by atoms with Crippen LogP contribution >= 0.6 is 11.6 Å². The van der Waals surface area contributed by atoms with Gasteiger partial charge in [-0.05, 0) is 43.2 Å². The maximum atomic E-state index is 12.8. The fraction of sp³-hybridized carbons (Fsp3) is 0.333. The standard InChI is InChI=1S/C21H21ClN4O/c22-15-3-1-2-14(12-15)20-23-19-5-4-17(13-18(19)21(27)24-20)26-11-10-25-8-6-16(26)7-9-25/h1-5,12-13,16H,6-11H2,(H,23,24,27). The molecule has 27 heavy (non-hydrogen) atoms. The van der Waals surface area contributed by atoms with E-state index in [9.17, 15) is 4.79 Å². The number of aromatic nitrogens is 2. The Kier molecular flexibility index (Phi) is 4.14. The minimum absolute atomic E-state index is 0.111. The van der Waals surface area contributed by atoms with Gasteiger partial charge in [-0.25, -0.2) is 4.98 Å². The van der Waals surface area contributed by atoms with E-state index >= 15 is 0 Å². The van der Waals surface area contributed by atoms with Crippen molar-refractivity contribution in [3.05, 3.63) is 57.8 Å². The number of rotatable bonds is 2. The minimum atomic E-state index is -0.111. The highest BCUT2D eigenvalue weighted by Gasteiger charge is 2.29. The molecule has 1 aromatic heterocycles. The molecule has 3 aromatic rings. The van der Waals surface area contributed by atoms with E-state index in [1.807, 2.05) is 36.4 Å². The van der Waals surface area contributed by atoms with Crippen molar-refractivity contribution in [3.8, 4) is 11.4 Å². The zero-order chi connectivity index (χ0) is 18.4. The molecule has 0 saturated carbocycles. The first-order valence-electron chi connectivity index (χ1n) is 9.46. The van der Waals surface area contributed by atoms with Crippen molar-refractivity contribution < 1.29 is 0 Å². The van der Waals surface area contributed by atoms with Gasteiger partial charge in [0.15, 0.2) is 0 Å². The molecule has 1 N–H and O–H groups in total. The smallest absolute Gasteiger partial charge is 0.259 e. The summed E-state index contributed by atoms with van der Waals surface area (Å²) in [5.41, 5.74) is 2.53. The highest BCUT2D eigenvalue weighted by atomic mass is 35.5. The molecule has 3 aliphatic heterocycles. The lowest BCUT2D eigenvalue weighted by Crippen LogP contribution is -2.37. The predicted octanol–water partition coefficient (Wildman–Crippen LogP) is 3.53. The van der Waals surface area contributed by atoms with Gasteiger partial charge in [0, 0.05) is 48.5 Å². The van der Waals surface area contributed by atoms with Crippen LogP contribution in [0, 0.1) is 0 Å². The van der Waals surface area contributed by atoms with Crippen LogP contribution in [-0.2, 0) is 0 Å². The number of H-pyrrole nitrogens is 1. The number of nitrogens with zero attached hydrogens (tertiary/aromatic N) is 3. The van der Waals surface area contributed by atoms with Crippen LogP contribution in [0.2, 0.25) is 5.02 Å². The Morgan fingerprint density at radius 1 is 1.04 bits per heavy atom. The second-order valence-electron chi connectivity index (χ2n) is 7.39. The Morgan fingerprint density at radius 3 is 2.70 bits per heavy atom. The molecule has 3 aliphatic rings. The van der Waals surface area contributed by atoms with Gasteiger partial charge in [-0.1, -0.05) is 23.7 Å². The van der Waals surface area contributed by atoms with Crippen LogP contribution in [0.25, 0.3) is 22.3 Å². The van der Waals surface area contributed by atoms with Crippen LogP contribution in [0.1, 0.15) is 12.8 Å². The Morgan fingerprint density at radius 2 is 1.89 bits per heavy atom. The van der Waals surface area contributed by atoms with Crippen LogP contribution in [0.4, 0.5) is 5.69 Å². The number of halogens is 1. The fourth-order valence-electron chi connectivity index (χ4n) is 4.30. The van der Waals surface area contributed by atoms with Crippen molar-refractivity contribution in [3.63, 3.8) is 0 Å². The number of anilines is 1. The van der Waals surface area contributed by atoms with Crippen molar-refractivity contribution in [2.24, 2.45) is 0 Å². The molecule has 6 rings (SSSR count). The summed E-state index contributed by atoms with van der Waals surface area (Å²) in [6, 6.07) is 14.0. The zero-order valence-electron chi connectivity index (χ0n) is 15.0. The van der Waals surface area contributed by atoms with E-state index in [4.69, 9.17) is 11.6 Å². The SMILES string of the molecule is O=c1[nH]c(-c2cccc(Cl)c2)nc2ccc(N3CCN4CCC3CC4)cc12. The third-order valence-electron chi connectivity index (χ3n) is 5.77. The van der Waals surface area contributed by atoms with Crippen LogP contribution in [0.15, 0.2) is 47.3 Å². The van der Waals surface area contributed by atoms with E-state index < -0.39 is 0 Å². The Balaban J connectivity index is 1.56. The molecule has 3 saturated heterocycles. The highest BCUT2D eigenvalue weighted by Crippen LogP contribution is 2.28. The van der Waals surface area contributed by atoms with Gasteiger partial charge in [0.2, 0.25) is 0 Å². The lowest BCUT2D eigenvalue weighted by Gasteiger charge is -2.33. The van der Waals surface area contributed by atoms with Crippen molar-refractivity contribution in [1.29, 1.82) is 0 Å². The monoisotopic (exact) mass is 380 g/mol. The zero-order valence-corrected chi connectivity index (χ0v) is 15.7. The molecule has 4 heterocycles.